The number of fused-ring (bicyclic) bond motifs is 1. The summed E-state index contributed by atoms with van der Waals surface area (Å²) in [4.78, 5) is 8.88. The largest absolute Gasteiger partial charge is 0.475 e. The van der Waals surface area contributed by atoms with E-state index in [2.05, 4.69) is 22.2 Å². The fourth-order valence-corrected chi connectivity index (χ4v) is 1.70. The van der Waals surface area contributed by atoms with Crippen molar-refractivity contribution in [1.82, 2.24) is 9.97 Å². The van der Waals surface area contributed by atoms with Crippen LogP contribution in [0.25, 0.3) is 10.9 Å². The number of aromatic nitrogens is 2. The Morgan fingerprint density at radius 1 is 1.16 bits per heavy atom. The molecule has 0 fully saturated rings. The predicted molar refractivity (Wildman–Crippen MR) is 75.7 cm³/mol. The standard InChI is InChI=1S/C14H19N3O2/c1-3-8-15-14-16-12-7-5-4-6-11(12)13(17-14)19-10-9-18-2/h4-7H,3,8-10H2,1-2H3,(H,15,16,17). The lowest BCUT2D eigenvalue weighted by Crippen LogP contribution is -2.09. The number of rotatable bonds is 7. The normalized spacial score (nSPS) is 10.6. The zero-order chi connectivity index (χ0) is 13.5. The Labute approximate surface area is 113 Å². The molecule has 1 heterocycles. The van der Waals surface area contributed by atoms with Gasteiger partial charge in [0, 0.05) is 13.7 Å². The van der Waals surface area contributed by atoms with E-state index in [1.54, 1.807) is 7.11 Å². The summed E-state index contributed by atoms with van der Waals surface area (Å²) in [6, 6.07) is 7.82. The van der Waals surface area contributed by atoms with E-state index in [1.807, 2.05) is 24.3 Å². The van der Waals surface area contributed by atoms with Gasteiger partial charge in [0.05, 0.1) is 17.5 Å². The van der Waals surface area contributed by atoms with E-state index in [1.165, 1.54) is 0 Å². The lowest BCUT2D eigenvalue weighted by atomic mass is 10.2. The van der Waals surface area contributed by atoms with Gasteiger partial charge in [-0.05, 0) is 18.6 Å². The minimum absolute atomic E-state index is 0.477. The van der Waals surface area contributed by atoms with Crippen LogP contribution >= 0.6 is 0 Å². The third kappa shape index (κ3) is 3.54. The number of nitrogens with one attached hydrogen (secondary N) is 1. The molecule has 0 spiro atoms. The van der Waals surface area contributed by atoms with E-state index in [0.717, 1.165) is 23.9 Å². The Balaban J connectivity index is 2.28. The number of hydrogen-bond acceptors (Lipinski definition) is 5. The number of anilines is 1. The van der Waals surface area contributed by atoms with E-state index >= 15 is 0 Å². The number of nitrogens with zero attached hydrogens (tertiary/aromatic N) is 2. The van der Waals surface area contributed by atoms with Crippen molar-refractivity contribution < 1.29 is 9.47 Å². The fraction of sp³-hybridized carbons (Fsp3) is 0.429. The molecule has 1 N–H and O–H groups in total. The second-order valence-corrected chi connectivity index (χ2v) is 4.14. The van der Waals surface area contributed by atoms with Crippen LogP contribution in [0.15, 0.2) is 24.3 Å². The van der Waals surface area contributed by atoms with Crippen LogP contribution in [0, 0.1) is 0 Å². The van der Waals surface area contributed by atoms with E-state index < -0.39 is 0 Å². The average Bonchev–Trinajstić information content (AvgIpc) is 2.45. The summed E-state index contributed by atoms with van der Waals surface area (Å²) in [7, 11) is 1.65. The smallest absolute Gasteiger partial charge is 0.226 e. The van der Waals surface area contributed by atoms with Crippen LogP contribution in [0.5, 0.6) is 5.88 Å². The van der Waals surface area contributed by atoms with Crippen molar-refractivity contribution in [2.45, 2.75) is 13.3 Å². The highest BCUT2D eigenvalue weighted by atomic mass is 16.5. The van der Waals surface area contributed by atoms with Crippen LogP contribution in [0.3, 0.4) is 0 Å². The molecule has 0 saturated heterocycles. The van der Waals surface area contributed by atoms with Crippen molar-refractivity contribution in [3.8, 4) is 5.88 Å². The van der Waals surface area contributed by atoms with Crippen LogP contribution in [0.4, 0.5) is 5.95 Å². The molecule has 0 radical (unpaired) electrons. The molecule has 2 aromatic rings. The molecule has 102 valence electrons. The summed E-state index contributed by atoms with van der Waals surface area (Å²) in [5, 5.41) is 4.10. The molecular formula is C14H19N3O2. The van der Waals surface area contributed by atoms with Gasteiger partial charge in [-0.2, -0.15) is 4.98 Å². The zero-order valence-electron chi connectivity index (χ0n) is 11.3. The van der Waals surface area contributed by atoms with E-state index in [0.29, 0.717) is 25.0 Å². The molecule has 0 atom stereocenters. The SMILES string of the molecule is CCCNc1nc(OCCOC)c2ccccc2n1. The number of hydrogen-bond donors (Lipinski definition) is 1. The summed E-state index contributed by atoms with van der Waals surface area (Å²) in [5.41, 5.74) is 0.878. The maximum Gasteiger partial charge on any atom is 0.226 e. The van der Waals surface area contributed by atoms with Gasteiger partial charge in [-0.15, -0.1) is 0 Å². The Kier molecular flexibility index (Phi) is 4.92. The Hall–Kier alpha value is -1.88. The first-order valence-corrected chi connectivity index (χ1v) is 6.47. The lowest BCUT2D eigenvalue weighted by Gasteiger charge is -2.10. The molecule has 0 amide bonds. The van der Waals surface area contributed by atoms with Gasteiger partial charge in [0.25, 0.3) is 0 Å². The van der Waals surface area contributed by atoms with Gasteiger partial charge in [0.2, 0.25) is 11.8 Å². The first-order valence-electron chi connectivity index (χ1n) is 6.47. The molecule has 5 heteroatoms. The second-order valence-electron chi connectivity index (χ2n) is 4.14. The molecule has 0 aliphatic carbocycles. The first kappa shape index (κ1) is 13.5. The van der Waals surface area contributed by atoms with Crippen LogP contribution in [0.2, 0.25) is 0 Å². The summed E-state index contributed by atoms with van der Waals surface area (Å²) >= 11 is 0. The number of para-hydroxylation sites is 1. The van der Waals surface area contributed by atoms with Crippen LogP contribution in [-0.4, -0.2) is 36.8 Å². The molecule has 0 unspecified atom stereocenters. The third-order valence-electron chi connectivity index (χ3n) is 2.63. The molecule has 2 rings (SSSR count). The van der Waals surface area contributed by atoms with Crippen molar-refractivity contribution in [1.29, 1.82) is 0 Å². The number of ether oxygens (including phenoxy) is 2. The second kappa shape index (κ2) is 6.89. The molecule has 1 aromatic heterocycles. The van der Waals surface area contributed by atoms with Gasteiger partial charge in [-0.25, -0.2) is 4.98 Å². The first-order chi connectivity index (χ1) is 9.35. The lowest BCUT2D eigenvalue weighted by molar-refractivity contribution is 0.144. The average molecular weight is 261 g/mol. The van der Waals surface area contributed by atoms with Crippen LogP contribution < -0.4 is 10.1 Å². The molecule has 1 aromatic carbocycles. The van der Waals surface area contributed by atoms with Gasteiger partial charge in [0.1, 0.15) is 6.61 Å². The fourth-order valence-electron chi connectivity index (χ4n) is 1.70. The molecule has 0 aliphatic heterocycles. The highest BCUT2D eigenvalue weighted by molar-refractivity contribution is 5.84. The van der Waals surface area contributed by atoms with Crippen molar-refractivity contribution in [3.63, 3.8) is 0 Å². The number of methoxy groups -OCH3 is 1. The van der Waals surface area contributed by atoms with Gasteiger partial charge in [-0.1, -0.05) is 19.1 Å². The van der Waals surface area contributed by atoms with Crippen molar-refractivity contribution in [3.05, 3.63) is 24.3 Å². The maximum atomic E-state index is 5.66. The van der Waals surface area contributed by atoms with Gasteiger partial charge in [-0.3, -0.25) is 0 Å². The Bertz CT molecular complexity index is 531. The van der Waals surface area contributed by atoms with Gasteiger partial charge >= 0.3 is 0 Å². The zero-order valence-corrected chi connectivity index (χ0v) is 11.3. The van der Waals surface area contributed by atoms with Crippen LogP contribution in [0.1, 0.15) is 13.3 Å². The van der Waals surface area contributed by atoms with Crippen LogP contribution in [-0.2, 0) is 4.74 Å². The predicted octanol–water partition coefficient (Wildman–Crippen LogP) is 2.48. The van der Waals surface area contributed by atoms with Gasteiger partial charge < -0.3 is 14.8 Å². The molecular weight excluding hydrogens is 242 g/mol. The van der Waals surface area contributed by atoms with Crippen molar-refractivity contribution >= 4 is 16.9 Å². The summed E-state index contributed by atoms with van der Waals surface area (Å²) in [6.45, 7) is 3.96. The van der Waals surface area contributed by atoms with Gasteiger partial charge in [0.15, 0.2) is 0 Å². The highest BCUT2D eigenvalue weighted by Crippen LogP contribution is 2.23. The minimum Gasteiger partial charge on any atom is -0.475 e. The molecule has 0 saturated carbocycles. The molecule has 5 nitrogen and oxygen atoms in total. The quantitative estimate of drug-likeness (QED) is 0.776. The van der Waals surface area contributed by atoms with E-state index in [-0.39, 0.29) is 0 Å². The topological polar surface area (TPSA) is 56.3 Å². The summed E-state index contributed by atoms with van der Waals surface area (Å²) < 4.78 is 10.7. The van der Waals surface area contributed by atoms with Crippen molar-refractivity contribution in [2.75, 3.05) is 32.2 Å². The molecule has 0 aliphatic rings. The van der Waals surface area contributed by atoms with Crippen molar-refractivity contribution in [2.24, 2.45) is 0 Å². The summed E-state index contributed by atoms with van der Waals surface area (Å²) in [5.74, 6) is 1.20. The van der Waals surface area contributed by atoms with E-state index in [4.69, 9.17) is 9.47 Å². The maximum absolute atomic E-state index is 5.66. The monoisotopic (exact) mass is 261 g/mol. The molecule has 19 heavy (non-hydrogen) atoms. The number of benzene rings is 1. The Morgan fingerprint density at radius 2 is 2.00 bits per heavy atom. The third-order valence-corrected chi connectivity index (χ3v) is 2.63. The Morgan fingerprint density at radius 3 is 2.79 bits per heavy atom. The van der Waals surface area contributed by atoms with E-state index in [9.17, 15) is 0 Å². The molecule has 0 bridgehead atoms. The summed E-state index contributed by atoms with van der Waals surface area (Å²) in [6.07, 6.45) is 1.02. The highest BCUT2D eigenvalue weighted by Gasteiger charge is 2.08. The minimum atomic E-state index is 0.477.